The summed E-state index contributed by atoms with van der Waals surface area (Å²) in [7, 11) is -2.12. The number of hydrogen-bond donors (Lipinski definition) is 0. The van der Waals surface area contributed by atoms with Crippen LogP contribution >= 0.6 is 0 Å². The van der Waals surface area contributed by atoms with Crippen LogP contribution in [0.15, 0.2) is 30.3 Å². The minimum Gasteiger partial charge on any atom is -0.447 e. The molecule has 2 aliphatic rings. The van der Waals surface area contributed by atoms with Crippen molar-refractivity contribution in [2.45, 2.75) is 96.1 Å². The van der Waals surface area contributed by atoms with Gasteiger partial charge in [0, 0.05) is 6.42 Å². The Morgan fingerprint density at radius 3 is 2.45 bits per heavy atom. The highest BCUT2D eigenvalue weighted by molar-refractivity contribution is 6.74. The standard InChI is InChI=1S/C25H39NO6Si/c1-24(2,3)33(6,7)32-20(21-17-30-25(4,5)31-21)13-14-22(27)26-19(16-29-23(26)28)15-18-11-9-8-10-12-18/h8-12,19-21H,13-17H2,1-7H3/t19-,20-,21+/m0/s1. The van der Waals surface area contributed by atoms with Crippen LogP contribution in [0.25, 0.3) is 0 Å². The van der Waals surface area contributed by atoms with Gasteiger partial charge >= 0.3 is 6.09 Å². The molecule has 2 fully saturated rings. The lowest BCUT2D eigenvalue weighted by Crippen LogP contribution is -2.48. The molecular weight excluding hydrogens is 438 g/mol. The summed E-state index contributed by atoms with van der Waals surface area (Å²) in [5.41, 5.74) is 1.07. The summed E-state index contributed by atoms with van der Waals surface area (Å²) in [5, 5.41) is 0.0176. The maximum atomic E-state index is 13.2. The van der Waals surface area contributed by atoms with Gasteiger partial charge in [-0.1, -0.05) is 51.1 Å². The van der Waals surface area contributed by atoms with E-state index in [1.165, 1.54) is 4.90 Å². The molecule has 2 amide bonds. The van der Waals surface area contributed by atoms with Crippen LogP contribution in [-0.2, 0) is 29.9 Å². The molecule has 3 atom stereocenters. The van der Waals surface area contributed by atoms with Crippen LogP contribution in [-0.4, -0.2) is 62.5 Å². The van der Waals surface area contributed by atoms with Crippen LogP contribution in [0.1, 0.15) is 53.0 Å². The van der Waals surface area contributed by atoms with Gasteiger partial charge in [0.05, 0.1) is 18.8 Å². The first kappa shape index (κ1) is 25.9. The minimum atomic E-state index is -2.12. The largest absolute Gasteiger partial charge is 0.447 e. The smallest absolute Gasteiger partial charge is 0.416 e. The monoisotopic (exact) mass is 477 g/mol. The lowest BCUT2D eigenvalue weighted by atomic mass is 10.0. The van der Waals surface area contributed by atoms with E-state index in [0.717, 1.165) is 5.56 Å². The average molecular weight is 478 g/mol. The molecule has 184 valence electrons. The van der Waals surface area contributed by atoms with Crippen molar-refractivity contribution in [3.05, 3.63) is 35.9 Å². The molecular formula is C25H39NO6Si. The molecule has 33 heavy (non-hydrogen) atoms. The molecule has 2 saturated heterocycles. The van der Waals surface area contributed by atoms with Gasteiger partial charge in [-0.2, -0.15) is 0 Å². The molecule has 0 aromatic heterocycles. The van der Waals surface area contributed by atoms with Crippen molar-refractivity contribution in [3.8, 4) is 0 Å². The van der Waals surface area contributed by atoms with Gasteiger partial charge in [0.25, 0.3) is 0 Å². The van der Waals surface area contributed by atoms with Crippen LogP contribution in [0.2, 0.25) is 18.1 Å². The highest BCUT2D eigenvalue weighted by Crippen LogP contribution is 2.39. The summed E-state index contributed by atoms with van der Waals surface area (Å²) in [6, 6.07) is 9.54. The summed E-state index contributed by atoms with van der Waals surface area (Å²) < 4.78 is 23.8. The van der Waals surface area contributed by atoms with Crippen molar-refractivity contribution in [1.29, 1.82) is 0 Å². The van der Waals surface area contributed by atoms with Gasteiger partial charge in [-0.25, -0.2) is 9.69 Å². The molecule has 1 aromatic carbocycles. The number of hydrogen-bond acceptors (Lipinski definition) is 6. The number of carbonyl (C=O) groups is 2. The van der Waals surface area contributed by atoms with Gasteiger partial charge in [-0.3, -0.25) is 4.79 Å². The first-order chi connectivity index (χ1) is 15.3. The van der Waals surface area contributed by atoms with Crippen molar-refractivity contribution in [2.75, 3.05) is 13.2 Å². The van der Waals surface area contributed by atoms with Gasteiger partial charge in [0.1, 0.15) is 12.7 Å². The van der Waals surface area contributed by atoms with Gasteiger partial charge in [-0.15, -0.1) is 0 Å². The van der Waals surface area contributed by atoms with E-state index >= 15 is 0 Å². The third kappa shape index (κ3) is 6.44. The van der Waals surface area contributed by atoms with Gasteiger partial charge < -0.3 is 18.6 Å². The fourth-order valence-corrected chi connectivity index (χ4v) is 5.34. The first-order valence-electron chi connectivity index (χ1n) is 11.8. The van der Waals surface area contributed by atoms with Crippen molar-refractivity contribution in [3.63, 3.8) is 0 Å². The van der Waals surface area contributed by atoms with Crippen LogP contribution in [0.4, 0.5) is 4.79 Å². The van der Waals surface area contributed by atoms with Gasteiger partial charge in [0.15, 0.2) is 14.1 Å². The summed E-state index contributed by atoms with van der Waals surface area (Å²) >= 11 is 0. The molecule has 0 radical (unpaired) electrons. The molecule has 2 heterocycles. The average Bonchev–Trinajstić information content (AvgIpc) is 3.26. The van der Waals surface area contributed by atoms with Crippen molar-refractivity contribution in [1.82, 2.24) is 4.90 Å². The van der Waals surface area contributed by atoms with E-state index in [1.54, 1.807) is 0 Å². The topological polar surface area (TPSA) is 74.3 Å². The fraction of sp³-hybridized carbons (Fsp3) is 0.680. The zero-order valence-electron chi connectivity index (χ0n) is 21.1. The Kier molecular flexibility index (Phi) is 7.73. The summed E-state index contributed by atoms with van der Waals surface area (Å²) in [4.78, 5) is 26.8. The zero-order chi connectivity index (χ0) is 24.4. The van der Waals surface area contributed by atoms with E-state index in [4.69, 9.17) is 18.6 Å². The molecule has 1 aromatic rings. The Hall–Kier alpha value is -1.74. The van der Waals surface area contributed by atoms with Crippen LogP contribution < -0.4 is 0 Å². The Balaban J connectivity index is 1.69. The maximum absolute atomic E-state index is 13.2. The second kappa shape index (κ2) is 9.86. The Labute approximate surface area is 198 Å². The fourth-order valence-electron chi connectivity index (χ4n) is 3.96. The summed E-state index contributed by atoms with van der Waals surface area (Å²) in [6.45, 7) is 15.3. The van der Waals surface area contributed by atoms with E-state index in [9.17, 15) is 9.59 Å². The zero-order valence-corrected chi connectivity index (χ0v) is 22.1. The predicted molar refractivity (Wildman–Crippen MR) is 128 cm³/mol. The molecule has 2 aliphatic heterocycles. The quantitative estimate of drug-likeness (QED) is 0.496. The highest BCUT2D eigenvalue weighted by Gasteiger charge is 2.45. The molecule has 7 nitrogen and oxygen atoms in total. The normalized spacial score (nSPS) is 24.1. The van der Waals surface area contributed by atoms with E-state index in [0.29, 0.717) is 19.4 Å². The van der Waals surface area contributed by atoms with E-state index < -0.39 is 20.2 Å². The molecule has 8 heteroatoms. The summed E-state index contributed by atoms with van der Waals surface area (Å²) in [6.07, 6.45) is 0.104. The Bertz CT molecular complexity index is 835. The van der Waals surface area contributed by atoms with Crippen molar-refractivity contribution < 1.29 is 28.2 Å². The number of ether oxygens (including phenoxy) is 3. The molecule has 0 bridgehead atoms. The number of cyclic esters (lactones) is 1. The number of carbonyl (C=O) groups excluding carboxylic acids is 2. The van der Waals surface area contributed by atoms with Crippen LogP contribution in [0, 0.1) is 0 Å². The molecule has 0 N–H and O–H groups in total. The first-order valence-corrected chi connectivity index (χ1v) is 14.7. The number of imide groups is 1. The molecule has 0 unspecified atom stereocenters. The highest BCUT2D eigenvalue weighted by atomic mass is 28.4. The number of rotatable bonds is 8. The van der Waals surface area contributed by atoms with Crippen molar-refractivity contribution >= 4 is 20.3 Å². The maximum Gasteiger partial charge on any atom is 0.416 e. The van der Waals surface area contributed by atoms with E-state index in [-0.39, 0.29) is 42.2 Å². The Morgan fingerprint density at radius 2 is 1.88 bits per heavy atom. The number of benzene rings is 1. The second-order valence-corrected chi connectivity index (χ2v) is 15.8. The second-order valence-electron chi connectivity index (χ2n) is 11.0. The van der Waals surface area contributed by atoms with Gasteiger partial charge in [0.2, 0.25) is 5.91 Å². The van der Waals surface area contributed by atoms with Crippen molar-refractivity contribution in [2.24, 2.45) is 0 Å². The molecule has 0 aliphatic carbocycles. The SMILES string of the molecule is CC1(C)OC[C@H]([C@H](CCC(=O)N2C(=O)OC[C@@H]2Cc2ccccc2)O[Si](C)(C)C(C)(C)C)O1. The lowest BCUT2D eigenvalue weighted by Gasteiger charge is -2.40. The molecule has 3 rings (SSSR count). The summed E-state index contributed by atoms with van der Waals surface area (Å²) in [5.74, 6) is -0.913. The lowest BCUT2D eigenvalue weighted by molar-refractivity contribution is -0.150. The predicted octanol–water partition coefficient (Wildman–Crippen LogP) is 4.90. The minimum absolute atomic E-state index is 0.0176. The van der Waals surface area contributed by atoms with Crippen LogP contribution in [0.3, 0.4) is 0 Å². The Morgan fingerprint density at radius 1 is 1.21 bits per heavy atom. The molecule has 0 spiro atoms. The third-order valence-electron chi connectivity index (χ3n) is 6.88. The number of amides is 2. The van der Waals surface area contributed by atoms with Crippen LogP contribution in [0.5, 0.6) is 0 Å². The third-order valence-corrected chi connectivity index (χ3v) is 11.4. The molecule has 0 saturated carbocycles. The van der Waals surface area contributed by atoms with E-state index in [2.05, 4.69) is 33.9 Å². The van der Waals surface area contributed by atoms with Gasteiger partial charge in [-0.05, 0) is 50.4 Å². The number of nitrogens with zero attached hydrogens (tertiary/aromatic N) is 1. The van der Waals surface area contributed by atoms with E-state index in [1.807, 2.05) is 44.2 Å².